The van der Waals surface area contributed by atoms with E-state index in [-0.39, 0.29) is 0 Å². The second kappa shape index (κ2) is 4.82. The summed E-state index contributed by atoms with van der Waals surface area (Å²) in [6.45, 7) is 0. The van der Waals surface area contributed by atoms with E-state index in [9.17, 15) is 0 Å². The molecule has 18 heavy (non-hydrogen) atoms. The molecular formula is C14H8ClIN2. The van der Waals surface area contributed by atoms with Crippen molar-refractivity contribution in [2.45, 2.75) is 0 Å². The monoisotopic (exact) mass is 366 g/mol. The summed E-state index contributed by atoms with van der Waals surface area (Å²) in [5.41, 5.74) is 1.80. The molecule has 0 saturated carbocycles. The van der Waals surface area contributed by atoms with Crippen LogP contribution in [0.5, 0.6) is 0 Å². The van der Waals surface area contributed by atoms with Crippen molar-refractivity contribution in [2.24, 2.45) is 0 Å². The third-order valence-corrected chi connectivity index (χ3v) is 3.82. The van der Waals surface area contributed by atoms with Gasteiger partial charge in [0.15, 0.2) is 5.82 Å². The first-order valence-corrected chi connectivity index (χ1v) is 6.88. The summed E-state index contributed by atoms with van der Waals surface area (Å²) in [5.74, 6) is 0.670. The van der Waals surface area contributed by atoms with Gasteiger partial charge in [0.25, 0.3) is 0 Å². The summed E-state index contributed by atoms with van der Waals surface area (Å²) < 4.78 is 0.938. The topological polar surface area (TPSA) is 25.8 Å². The maximum absolute atomic E-state index is 6.18. The lowest BCUT2D eigenvalue weighted by molar-refractivity contribution is 1.20. The van der Waals surface area contributed by atoms with E-state index in [0.717, 1.165) is 20.2 Å². The van der Waals surface area contributed by atoms with E-state index in [1.807, 2.05) is 48.5 Å². The molecule has 1 aromatic heterocycles. The molecule has 0 unspecified atom stereocenters. The molecule has 0 amide bonds. The molecular weight excluding hydrogens is 359 g/mol. The van der Waals surface area contributed by atoms with Crippen LogP contribution in [0.25, 0.3) is 22.3 Å². The number of fused-ring (bicyclic) bond motifs is 1. The van der Waals surface area contributed by atoms with Gasteiger partial charge in [0.05, 0.1) is 10.5 Å². The van der Waals surface area contributed by atoms with Gasteiger partial charge in [0, 0.05) is 10.9 Å². The Morgan fingerprint density at radius 3 is 2.44 bits per heavy atom. The van der Waals surface area contributed by atoms with Crippen molar-refractivity contribution in [2.75, 3.05) is 0 Å². The molecule has 1 heterocycles. The lowest BCUT2D eigenvalue weighted by Crippen LogP contribution is -1.94. The lowest BCUT2D eigenvalue weighted by atomic mass is 10.2. The van der Waals surface area contributed by atoms with E-state index in [1.165, 1.54) is 0 Å². The predicted molar refractivity (Wildman–Crippen MR) is 82.7 cm³/mol. The van der Waals surface area contributed by atoms with Crippen LogP contribution in [0.1, 0.15) is 0 Å². The van der Waals surface area contributed by atoms with E-state index >= 15 is 0 Å². The average molecular weight is 367 g/mol. The van der Waals surface area contributed by atoms with Gasteiger partial charge in [-0.2, -0.15) is 0 Å². The number of hydrogen-bond acceptors (Lipinski definition) is 2. The highest BCUT2D eigenvalue weighted by Gasteiger charge is 2.09. The van der Waals surface area contributed by atoms with Crippen LogP contribution in [-0.2, 0) is 0 Å². The zero-order valence-corrected chi connectivity index (χ0v) is 12.2. The van der Waals surface area contributed by atoms with Gasteiger partial charge in [-0.1, -0.05) is 41.9 Å². The summed E-state index contributed by atoms with van der Waals surface area (Å²) in [7, 11) is 0. The smallest absolute Gasteiger partial charge is 0.162 e. The van der Waals surface area contributed by atoms with Crippen LogP contribution in [0.3, 0.4) is 0 Å². The number of aromatic nitrogens is 2. The van der Waals surface area contributed by atoms with E-state index in [1.54, 1.807) is 0 Å². The quantitative estimate of drug-likeness (QED) is 0.466. The standard InChI is InChI=1S/C14H8ClIN2/c15-11-7-3-1-5-9(11)14-17-12-8-4-2-6-10(12)13(16)18-14/h1-8H. The van der Waals surface area contributed by atoms with Gasteiger partial charge in [-0.3, -0.25) is 0 Å². The van der Waals surface area contributed by atoms with Crippen LogP contribution in [0, 0.1) is 3.70 Å². The number of halogens is 2. The van der Waals surface area contributed by atoms with Gasteiger partial charge in [-0.05, 0) is 40.8 Å². The van der Waals surface area contributed by atoms with Gasteiger partial charge in [-0.15, -0.1) is 0 Å². The maximum atomic E-state index is 6.18. The Bertz CT molecular complexity index is 728. The number of para-hydroxylation sites is 1. The Morgan fingerprint density at radius 1 is 0.889 bits per heavy atom. The highest BCUT2D eigenvalue weighted by atomic mass is 127. The molecule has 0 aliphatic heterocycles. The highest BCUT2D eigenvalue weighted by Crippen LogP contribution is 2.27. The molecule has 2 aromatic carbocycles. The van der Waals surface area contributed by atoms with Crippen LogP contribution in [0.4, 0.5) is 0 Å². The Labute approximate surface area is 123 Å². The van der Waals surface area contributed by atoms with E-state index in [0.29, 0.717) is 10.8 Å². The minimum atomic E-state index is 0.670. The highest BCUT2D eigenvalue weighted by molar-refractivity contribution is 14.1. The van der Waals surface area contributed by atoms with E-state index < -0.39 is 0 Å². The minimum absolute atomic E-state index is 0.670. The lowest BCUT2D eigenvalue weighted by Gasteiger charge is -2.05. The molecule has 0 bridgehead atoms. The fourth-order valence-corrected chi connectivity index (χ4v) is 2.71. The third kappa shape index (κ3) is 2.08. The van der Waals surface area contributed by atoms with Crippen LogP contribution < -0.4 is 0 Å². The molecule has 0 fully saturated rings. The van der Waals surface area contributed by atoms with Gasteiger partial charge in [0.1, 0.15) is 3.70 Å². The number of nitrogens with zero attached hydrogens (tertiary/aromatic N) is 2. The first-order valence-electron chi connectivity index (χ1n) is 5.43. The van der Waals surface area contributed by atoms with Gasteiger partial charge < -0.3 is 0 Å². The fraction of sp³-hybridized carbons (Fsp3) is 0. The molecule has 0 aliphatic rings. The first kappa shape index (κ1) is 11.9. The molecule has 0 aliphatic carbocycles. The number of rotatable bonds is 1. The van der Waals surface area contributed by atoms with Crippen molar-refractivity contribution in [3.05, 3.63) is 57.3 Å². The average Bonchev–Trinajstić information content (AvgIpc) is 2.39. The Morgan fingerprint density at radius 2 is 1.61 bits per heavy atom. The molecule has 0 N–H and O–H groups in total. The largest absolute Gasteiger partial charge is 0.228 e. The summed E-state index contributed by atoms with van der Waals surface area (Å²) >= 11 is 8.41. The summed E-state index contributed by atoms with van der Waals surface area (Å²) in [6, 6.07) is 15.6. The molecule has 3 aromatic rings. The SMILES string of the molecule is Clc1ccccc1-c1nc(I)c2ccccc2n1. The van der Waals surface area contributed by atoms with Crippen LogP contribution >= 0.6 is 34.2 Å². The van der Waals surface area contributed by atoms with Crippen molar-refractivity contribution in [1.29, 1.82) is 0 Å². The molecule has 2 nitrogen and oxygen atoms in total. The minimum Gasteiger partial charge on any atom is -0.228 e. The zero-order valence-electron chi connectivity index (χ0n) is 9.27. The van der Waals surface area contributed by atoms with Gasteiger partial charge in [0.2, 0.25) is 0 Å². The van der Waals surface area contributed by atoms with Crippen molar-refractivity contribution < 1.29 is 0 Å². The maximum Gasteiger partial charge on any atom is 0.162 e. The van der Waals surface area contributed by atoms with Crippen molar-refractivity contribution >= 4 is 45.1 Å². The third-order valence-electron chi connectivity index (χ3n) is 2.67. The normalized spacial score (nSPS) is 10.8. The Hall–Kier alpha value is -1.20. The second-order valence-corrected chi connectivity index (χ2v) is 5.26. The van der Waals surface area contributed by atoms with E-state index in [2.05, 4.69) is 32.6 Å². The summed E-state index contributed by atoms with van der Waals surface area (Å²) in [5, 5.41) is 1.73. The van der Waals surface area contributed by atoms with E-state index in [4.69, 9.17) is 11.6 Å². The van der Waals surface area contributed by atoms with Crippen molar-refractivity contribution in [1.82, 2.24) is 9.97 Å². The predicted octanol–water partition coefficient (Wildman–Crippen LogP) is 4.55. The molecule has 0 saturated heterocycles. The zero-order chi connectivity index (χ0) is 12.5. The van der Waals surface area contributed by atoms with Crippen molar-refractivity contribution in [3.63, 3.8) is 0 Å². The van der Waals surface area contributed by atoms with Crippen LogP contribution in [0.15, 0.2) is 48.5 Å². The Balaban J connectivity index is 2.28. The second-order valence-electron chi connectivity index (χ2n) is 3.84. The van der Waals surface area contributed by atoms with Crippen molar-refractivity contribution in [3.8, 4) is 11.4 Å². The molecule has 0 spiro atoms. The fourth-order valence-electron chi connectivity index (χ4n) is 1.80. The Kier molecular flexibility index (Phi) is 3.18. The summed E-state index contributed by atoms with van der Waals surface area (Å²) in [4.78, 5) is 9.09. The van der Waals surface area contributed by atoms with Crippen LogP contribution in [0.2, 0.25) is 5.02 Å². The van der Waals surface area contributed by atoms with Gasteiger partial charge in [-0.25, -0.2) is 9.97 Å². The molecule has 88 valence electrons. The summed E-state index contributed by atoms with van der Waals surface area (Å²) in [6.07, 6.45) is 0. The molecule has 3 rings (SSSR count). The molecule has 0 radical (unpaired) electrons. The molecule has 4 heteroatoms. The molecule has 0 atom stereocenters. The first-order chi connectivity index (χ1) is 8.75. The van der Waals surface area contributed by atoms with Gasteiger partial charge >= 0.3 is 0 Å². The number of benzene rings is 2. The van der Waals surface area contributed by atoms with Crippen LogP contribution in [-0.4, -0.2) is 9.97 Å². The number of hydrogen-bond donors (Lipinski definition) is 0.